The molecule has 0 aliphatic heterocycles. The molecule has 0 radical (unpaired) electrons. The normalized spacial score (nSPS) is 10.9. The predicted octanol–water partition coefficient (Wildman–Crippen LogP) is 7.16. The van der Waals surface area contributed by atoms with Crippen molar-refractivity contribution in [2.45, 2.75) is 20.8 Å². The van der Waals surface area contributed by atoms with Crippen molar-refractivity contribution >= 4 is 80.6 Å². The molecule has 44 heavy (non-hydrogen) atoms. The molecule has 0 unspecified atom stereocenters. The molecule has 4 aromatic carbocycles. The molecule has 0 fully saturated rings. The summed E-state index contributed by atoms with van der Waals surface area (Å²) in [6.07, 6.45) is 0. The summed E-state index contributed by atoms with van der Waals surface area (Å²) < 4.78 is 18.8. The molecular formula is C34H29NO7S2. The monoisotopic (exact) mass is 627 g/mol. The van der Waals surface area contributed by atoms with Crippen molar-refractivity contribution in [3.63, 3.8) is 0 Å². The number of anilines is 1. The van der Waals surface area contributed by atoms with E-state index in [1.54, 1.807) is 44.2 Å². The number of nitrogen functional groups attached to an aromatic ring is 1. The van der Waals surface area contributed by atoms with Crippen molar-refractivity contribution in [2.75, 3.05) is 25.6 Å². The minimum atomic E-state index is -0.519. The summed E-state index contributed by atoms with van der Waals surface area (Å²) in [5, 5.41) is 1.99. The van der Waals surface area contributed by atoms with Crippen molar-refractivity contribution in [3.8, 4) is 5.75 Å². The van der Waals surface area contributed by atoms with Gasteiger partial charge in [-0.25, -0.2) is 9.59 Å². The van der Waals surface area contributed by atoms with Crippen molar-refractivity contribution in [1.29, 1.82) is 0 Å². The molecule has 8 nitrogen and oxygen atoms in total. The van der Waals surface area contributed by atoms with Crippen LogP contribution in [-0.4, -0.2) is 31.8 Å². The molecule has 6 aromatic rings. The molecule has 0 aliphatic rings. The van der Waals surface area contributed by atoms with Crippen LogP contribution in [0.15, 0.2) is 82.4 Å². The summed E-state index contributed by atoms with van der Waals surface area (Å²) in [7, 11) is 0. The topological polar surface area (TPSA) is 122 Å². The Hall–Kier alpha value is -4.80. The minimum Gasteiger partial charge on any atom is -0.494 e. The number of rotatable bonds is 6. The highest BCUT2D eigenvalue weighted by atomic mass is 32.1. The highest BCUT2D eigenvalue weighted by Gasteiger charge is 2.19. The molecule has 0 amide bonds. The van der Waals surface area contributed by atoms with Gasteiger partial charge in [0.1, 0.15) is 5.75 Å². The summed E-state index contributed by atoms with van der Waals surface area (Å²) in [6, 6.07) is 21.3. The lowest BCUT2D eigenvalue weighted by Crippen LogP contribution is -2.11. The first-order valence-corrected chi connectivity index (χ1v) is 15.6. The lowest BCUT2D eigenvalue weighted by molar-refractivity contribution is 0.0519. The molecular weight excluding hydrogens is 599 g/mol. The largest absolute Gasteiger partial charge is 0.494 e. The molecule has 0 atom stereocenters. The number of fused-ring (bicyclic) bond motifs is 4. The second-order valence-corrected chi connectivity index (χ2v) is 11.7. The number of ether oxygens (including phenoxy) is 3. The van der Waals surface area contributed by atoms with Crippen molar-refractivity contribution in [1.82, 2.24) is 0 Å². The smallest absolute Gasteiger partial charge is 0.339 e. The molecule has 0 spiro atoms. The van der Waals surface area contributed by atoms with Gasteiger partial charge in [-0.2, -0.15) is 0 Å². The Balaban J connectivity index is 0.000000175. The van der Waals surface area contributed by atoms with Gasteiger partial charge in [-0.15, -0.1) is 22.7 Å². The molecule has 224 valence electrons. The van der Waals surface area contributed by atoms with Crippen LogP contribution in [0.4, 0.5) is 5.69 Å². The molecule has 0 bridgehead atoms. The summed E-state index contributed by atoms with van der Waals surface area (Å²) >= 11 is 2.91. The molecule has 0 saturated heterocycles. The SMILES string of the molecule is CCOC(=O)c1cc(N)cc2sc3ccccc3c(=O)c12.CCOC(=O)c1cc(OCC)cc2sc3ccccc3c(=O)c12. The fraction of sp³-hybridized carbons (Fsp3) is 0.176. The Morgan fingerprint density at radius 2 is 1.11 bits per heavy atom. The van der Waals surface area contributed by atoms with E-state index < -0.39 is 11.9 Å². The van der Waals surface area contributed by atoms with Crippen LogP contribution in [0.1, 0.15) is 41.5 Å². The number of carbonyl (C=O) groups is 2. The Kier molecular flexibility index (Phi) is 9.22. The number of benzene rings is 4. The number of hydrogen-bond donors (Lipinski definition) is 1. The zero-order valence-corrected chi connectivity index (χ0v) is 25.9. The van der Waals surface area contributed by atoms with Gasteiger partial charge in [0.2, 0.25) is 0 Å². The highest BCUT2D eigenvalue weighted by Crippen LogP contribution is 2.31. The maximum atomic E-state index is 12.8. The average molecular weight is 628 g/mol. The fourth-order valence-corrected chi connectivity index (χ4v) is 7.13. The Labute approximate surface area is 260 Å². The van der Waals surface area contributed by atoms with Gasteiger partial charge in [0.05, 0.1) is 41.7 Å². The van der Waals surface area contributed by atoms with Crippen LogP contribution in [0, 0.1) is 0 Å². The third-order valence-corrected chi connectivity index (χ3v) is 8.89. The second-order valence-electron chi connectivity index (χ2n) is 9.51. The van der Waals surface area contributed by atoms with Gasteiger partial charge in [0.25, 0.3) is 0 Å². The number of hydrogen-bond acceptors (Lipinski definition) is 10. The highest BCUT2D eigenvalue weighted by molar-refractivity contribution is 7.25. The molecule has 0 aliphatic carbocycles. The fourth-order valence-electron chi connectivity index (χ4n) is 4.84. The van der Waals surface area contributed by atoms with Crippen LogP contribution >= 0.6 is 22.7 Å². The molecule has 6 rings (SSSR count). The quantitative estimate of drug-likeness (QED) is 0.117. The van der Waals surface area contributed by atoms with Crippen molar-refractivity contribution in [2.24, 2.45) is 0 Å². The van der Waals surface area contributed by atoms with Crippen LogP contribution in [0.25, 0.3) is 40.3 Å². The summed E-state index contributed by atoms with van der Waals surface area (Å²) in [5.41, 5.74) is 6.47. The van der Waals surface area contributed by atoms with Crippen molar-refractivity contribution < 1.29 is 23.8 Å². The van der Waals surface area contributed by atoms with E-state index in [0.29, 0.717) is 44.3 Å². The van der Waals surface area contributed by atoms with E-state index in [1.165, 1.54) is 28.7 Å². The molecule has 2 N–H and O–H groups in total. The van der Waals surface area contributed by atoms with Gasteiger partial charge in [0.15, 0.2) is 10.9 Å². The maximum absolute atomic E-state index is 12.8. The second kappa shape index (κ2) is 13.2. The van der Waals surface area contributed by atoms with Crippen LogP contribution < -0.4 is 21.3 Å². The summed E-state index contributed by atoms with van der Waals surface area (Å²) in [6.45, 7) is 6.32. The van der Waals surface area contributed by atoms with Crippen LogP contribution in [0.5, 0.6) is 5.75 Å². The molecule has 2 heterocycles. The first-order valence-electron chi connectivity index (χ1n) is 14.0. The van der Waals surface area contributed by atoms with Crippen LogP contribution in [0.3, 0.4) is 0 Å². The van der Waals surface area contributed by atoms with E-state index in [2.05, 4.69) is 0 Å². The van der Waals surface area contributed by atoms with E-state index in [0.717, 1.165) is 14.1 Å². The van der Waals surface area contributed by atoms with E-state index in [9.17, 15) is 19.2 Å². The lowest BCUT2D eigenvalue weighted by atomic mass is 10.1. The van der Waals surface area contributed by atoms with Crippen LogP contribution in [0.2, 0.25) is 0 Å². The summed E-state index contributed by atoms with van der Waals surface area (Å²) in [4.78, 5) is 49.9. The van der Waals surface area contributed by atoms with E-state index in [-0.39, 0.29) is 35.2 Å². The number of esters is 2. The van der Waals surface area contributed by atoms with E-state index in [1.807, 2.05) is 43.3 Å². The van der Waals surface area contributed by atoms with Gasteiger partial charge in [-0.05, 0) is 69.3 Å². The Bertz CT molecular complexity index is 2170. The minimum absolute atomic E-state index is 0.152. The van der Waals surface area contributed by atoms with Gasteiger partial charge < -0.3 is 19.9 Å². The standard InChI is InChI=1S/C18H16O4S.C16H13NO3S/c1-3-21-11-9-13(18(20)22-4-2)16-15(10-11)23-14-8-6-5-7-12(14)17(16)19;1-2-20-16(19)11-7-9(17)8-13-14(11)15(18)10-5-3-4-6-12(10)21-13/h5-10H,3-4H2,1-2H3;3-8H,2,17H2,1H3. The predicted molar refractivity (Wildman–Crippen MR) is 179 cm³/mol. The maximum Gasteiger partial charge on any atom is 0.339 e. The third-order valence-electron chi connectivity index (χ3n) is 6.66. The summed E-state index contributed by atoms with van der Waals surface area (Å²) in [5.74, 6) is -0.456. The lowest BCUT2D eigenvalue weighted by Gasteiger charge is -2.10. The van der Waals surface area contributed by atoms with E-state index in [4.69, 9.17) is 19.9 Å². The third kappa shape index (κ3) is 5.99. The van der Waals surface area contributed by atoms with Gasteiger partial charge >= 0.3 is 11.9 Å². The Morgan fingerprint density at radius 3 is 1.61 bits per heavy atom. The van der Waals surface area contributed by atoms with Gasteiger partial charge in [-0.3, -0.25) is 9.59 Å². The molecule has 0 saturated carbocycles. The average Bonchev–Trinajstić information content (AvgIpc) is 3.01. The first-order chi connectivity index (χ1) is 21.3. The van der Waals surface area contributed by atoms with Gasteiger partial charge in [-0.1, -0.05) is 24.3 Å². The van der Waals surface area contributed by atoms with Crippen molar-refractivity contribution in [3.05, 3.63) is 104 Å². The zero-order chi connectivity index (χ0) is 31.4. The first kappa shape index (κ1) is 30.7. The molecule has 2 aromatic heterocycles. The number of nitrogens with two attached hydrogens (primary N) is 1. The van der Waals surface area contributed by atoms with Gasteiger partial charge in [0, 0.05) is 35.3 Å². The zero-order valence-electron chi connectivity index (χ0n) is 24.3. The molecule has 10 heteroatoms. The van der Waals surface area contributed by atoms with Crippen LogP contribution in [-0.2, 0) is 9.47 Å². The Morgan fingerprint density at radius 1 is 0.636 bits per heavy atom. The number of carbonyl (C=O) groups excluding carboxylic acids is 2. The van der Waals surface area contributed by atoms with E-state index >= 15 is 0 Å².